The minimum atomic E-state index is -0.550. The molecule has 0 aliphatic carbocycles. The molecule has 3 N–H and O–H groups in total. The highest BCUT2D eigenvalue weighted by molar-refractivity contribution is 8.13. The first-order valence-corrected chi connectivity index (χ1v) is 11.2. The number of rotatable bonds is 10. The summed E-state index contributed by atoms with van der Waals surface area (Å²) in [6.45, 7) is 4.11. The van der Waals surface area contributed by atoms with Crippen molar-refractivity contribution in [1.82, 2.24) is 5.32 Å². The topological polar surface area (TPSA) is 99.9 Å². The SMILES string of the molecule is COc1cc(/C=C/c2ccc(OC(=O)SCCNC(=O)C(N)C(C)C)cc2)cc(OC)c1. The number of carbonyl (C=O) groups is 2. The Bertz CT molecular complexity index is 906. The van der Waals surface area contributed by atoms with Crippen LogP contribution in [0.15, 0.2) is 42.5 Å². The molecule has 2 aromatic rings. The molecule has 0 saturated carbocycles. The number of ether oxygens (including phenoxy) is 3. The minimum Gasteiger partial charge on any atom is -0.497 e. The van der Waals surface area contributed by atoms with Crippen molar-refractivity contribution in [2.75, 3.05) is 26.5 Å². The third-order valence-corrected chi connectivity index (χ3v) is 5.29. The number of nitrogens with two attached hydrogens (primary N) is 1. The molecule has 0 aromatic heterocycles. The lowest BCUT2D eigenvalue weighted by Crippen LogP contribution is -2.44. The van der Waals surface area contributed by atoms with Crippen LogP contribution < -0.4 is 25.3 Å². The van der Waals surface area contributed by atoms with E-state index in [2.05, 4.69) is 5.32 Å². The van der Waals surface area contributed by atoms with E-state index in [1.54, 1.807) is 26.4 Å². The van der Waals surface area contributed by atoms with Gasteiger partial charge in [0.25, 0.3) is 0 Å². The van der Waals surface area contributed by atoms with Gasteiger partial charge in [0.2, 0.25) is 5.91 Å². The van der Waals surface area contributed by atoms with Crippen LogP contribution in [0.3, 0.4) is 0 Å². The highest BCUT2D eigenvalue weighted by atomic mass is 32.2. The van der Waals surface area contributed by atoms with E-state index in [9.17, 15) is 9.59 Å². The largest absolute Gasteiger partial charge is 0.497 e. The first-order chi connectivity index (χ1) is 15.3. The summed E-state index contributed by atoms with van der Waals surface area (Å²) in [5.41, 5.74) is 7.66. The Morgan fingerprint density at radius 1 is 0.969 bits per heavy atom. The first kappa shape index (κ1) is 25.3. The lowest BCUT2D eigenvalue weighted by atomic mass is 10.1. The van der Waals surface area contributed by atoms with Crippen LogP contribution in [0.4, 0.5) is 4.79 Å². The summed E-state index contributed by atoms with van der Waals surface area (Å²) in [6, 6.07) is 12.2. The highest BCUT2D eigenvalue weighted by Crippen LogP contribution is 2.24. The Morgan fingerprint density at radius 3 is 2.12 bits per heavy atom. The molecular formula is C24H30N2O5S. The predicted molar refractivity (Wildman–Crippen MR) is 129 cm³/mol. The molecular weight excluding hydrogens is 428 g/mol. The minimum absolute atomic E-state index is 0.0591. The Hall–Kier alpha value is -2.97. The van der Waals surface area contributed by atoms with Crippen molar-refractivity contribution in [3.8, 4) is 17.2 Å². The van der Waals surface area contributed by atoms with Gasteiger partial charge in [-0.3, -0.25) is 4.79 Å². The summed E-state index contributed by atoms with van der Waals surface area (Å²) in [5, 5.41) is 2.29. The van der Waals surface area contributed by atoms with Crippen LogP contribution in [0.25, 0.3) is 12.2 Å². The van der Waals surface area contributed by atoms with Crippen LogP contribution in [-0.2, 0) is 4.79 Å². The summed E-state index contributed by atoms with van der Waals surface area (Å²) >= 11 is 0.998. The van der Waals surface area contributed by atoms with E-state index in [0.717, 1.165) is 22.9 Å². The van der Waals surface area contributed by atoms with Crippen LogP contribution in [0.2, 0.25) is 0 Å². The molecule has 0 aliphatic rings. The van der Waals surface area contributed by atoms with Crippen molar-refractivity contribution in [3.05, 3.63) is 53.6 Å². The molecule has 0 spiro atoms. The number of carbonyl (C=O) groups excluding carboxylic acids is 2. The highest BCUT2D eigenvalue weighted by Gasteiger charge is 2.16. The lowest BCUT2D eigenvalue weighted by Gasteiger charge is -2.14. The van der Waals surface area contributed by atoms with Crippen LogP contribution in [0.5, 0.6) is 17.2 Å². The van der Waals surface area contributed by atoms with Gasteiger partial charge in [0.15, 0.2) is 0 Å². The average molecular weight is 459 g/mol. The zero-order chi connectivity index (χ0) is 23.5. The third kappa shape index (κ3) is 8.28. The van der Waals surface area contributed by atoms with Gasteiger partial charge in [0.1, 0.15) is 17.2 Å². The summed E-state index contributed by atoms with van der Waals surface area (Å²) in [6.07, 6.45) is 3.89. The maximum Gasteiger partial charge on any atom is 0.372 e. The van der Waals surface area contributed by atoms with Gasteiger partial charge in [-0.25, -0.2) is 4.79 Å². The van der Waals surface area contributed by atoms with Crippen LogP contribution in [0, 0.1) is 5.92 Å². The molecule has 2 rings (SSSR count). The standard InChI is InChI=1S/C24H30N2O5S/c1-16(2)22(25)23(27)26-11-12-32-24(28)31-19-9-7-17(8-10-19)5-6-18-13-20(29-3)15-21(14-18)30-4/h5-10,13-16,22H,11-12,25H2,1-4H3,(H,26,27)/b6-5+. The van der Waals surface area contributed by atoms with E-state index in [0.29, 0.717) is 29.5 Å². The molecule has 1 atom stereocenters. The Kier molecular flexibility index (Phi) is 10.1. The van der Waals surface area contributed by atoms with Gasteiger partial charge < -0.3 is 25.3 Å². The van der Waals surface area contributed by atoms with E-state index >= 15 is 0 Å². The van der Waals surface area contributed by atoms with Gasteiger partial charge in [-0.15, -0.1) is 0 Å². The van der Waals surface area contributed by atoms with Crippen molar-refractivity contribution in [1.29, 1.82) is 0 Å². The van der Waals surface area contributed by atoms with E-state index in [4.69, 9.17) is 19.9 Å². The quantitative estimate of drug-likeness (QED) is 0.313. The molecule has 1 unspecified atom stereocenters. The van der Waals surface area contributed by atoms with Crippen LogP contribution in [-0.4, -0.2) is 43.8 Å². The molecule has 0 radical (unpaired) electrons. The molecule has 7 nitrogen and oxygen atoms in total. The normalized spacial score (nSPS) is 11.9. The molecule has 172 valence electrons. The molecule has 0 fully saturated rings. The van der Waals surface area contributed by atoms with E-state index in [1.807, 2.05) is 56.3 Å². The van der Waals surface area contributed by atoms with Crippen molar-refractivity contribution < 1.29 is 23.8 Å². The predicted octanol–water partition coefficient (Wildman–Crippen LogP) is 4.21. The fraction of sp³-hybridized carbons (Fsp3) is 0.333. The van der Waals surface area contributed by atoms with Crippen molar-refractivity contribution in [2.45, 2.75) is 19.9 Å². The van der Waals surface area contributed by atoms with Crippen molar-refractivity contribution >= 4 is 35.1 Å². The maximum absolute atomic E-state index is 12.0. The Morgan fingerprint density at radius 2 is 1.56 bits per heavy atom. The number of hydrogen-bond acceptors (Lipinski definition) is 7. The number of benzene rings is 2. The number of nitrogens with one attached hydrogen (secondary N) is 1. The van der Waals surface area contributed by atoms with Gasteiger partial charge >= 0.3 is 5.30 Å². The van der Waals surface area contributed by atoms with E-state index < -0.39 is 11.3 Å². The van der Waals surface area contributed by atoms with Gasteiger partial charge in [0.05, 0.1) is 20.3 Å². The number of hydrogen-bond donors (Lipinski definition) is 2. The van der Waals surface area contributed by atoms with E-state index in [1.165, 1.54) is 0 Å². The average Bonchev–Trinajstić information content (AvgIpc) is 2.80. The van der Waals surface area contributed by atoms with Gasteiger partial charge in [-0.1, -0.05) is 38.1 Å². The summed E-state index contributed by atoms with van der Waals surface area (Å²) < 4.78 is 15.9. The molecule has 8 heteroatoms. The number of methoxy groups -OCH3 is 2. The molecule has 0 heterocycles. The van der Waals surface area contributed by atoms with Gasteiger partial charge in [0, 0.05) is 18.4 Å². The monoisotopic (exact) mass is 458 g/mol. The maximum atomic E-state index is 12.0. The number of thioether (sulfide) groups is 1. The second-order valence-corrected chi connectivity index (χ2v) is 8.34. The van der Waals surface area contributed by atoms with E-state index in [-0.39, 0.29) is 11.8 Å². The molecule has 0 bridgehead atoms. The third-order valence-electron chi connectivity index (χ3n) is 4.57. The first-order valence-electron chi connectivity index (χ1n) is 10.2. The molecule has 0 aliphatic heterocycles. The van der Waals surface area contributed by atoms with Crippen LogP contribution >= 0.6 is 11.8 Å². The smallest absolute Gasteiger partial charge is 0.372 e. The van der Waals surface area contributed by atoms with Gasteiger partial charge in [-0.2, -0.15) is 0 Å². The summed E-state index contributed by atoms with van der Waals surface area (Å²) in [4.78, 5) is 23.8. The zero-order valence-electron chi connectivity index (χ0n) is 18.8. The second-order valence-electron chi connectivity index (χ2n) is 7.31. The van der Waals surface area contributed by atoms with Gasteiger partial charge in [-0.05, 0) is 53.1 Å². The van der Waals surface area contributed by atoms with Crippen LogP contribution in [0.1, 0.15) is 25.0 Å². The fourth-order valence-electron chi connectivity index (χ4n) is 2.62. The molecule has 1 amide bonds. The zero-order valence-corrected chi connectivity index (χ0v) is 19.6. The molecule has 2 aromatic carbocycles. The summed E-state index contributed by atoms with van der Waals surface area (Å²) in [5.74, 6) is 2.12. The molecule has 0 saturated heterocycles. The second kappa shape index (κ2) is 12.8. The Balaban J connectivity index is 1.82. The summed E-state index contributed by atoms with van der Waals surface area (Å²) in [7, 11) is 3.22. The van der Waals surface area contributed by atoms with Crippen molar-refractivity contribution in [3.63, 3.8) is 0 Å². The fourth-order valence-corrected chi connectivity index (χ4v) is 3.15. The molecule has 32 heavy (non-hydrogen) atoms. The Labute approximate surface area is 193 Å². The number of amides is 1. The van der Waals surface area contributed by atoms with Crippen molar-refractivity contribution in [2.24, 2.45) is 11.7 Å². The lowest BCUT2D eigenvalue weighted by molar-refractivity contribution is -0.123.